The summed E-state index contributed by atoms with van der Waals surface area (Å²) in [6.45, 7) is 12.8. The Kier molecular flexibility index (Phi) is 15.6. The van der Waals surface area contributed by atoms with Gasteiger partial charge in [-0.25, -0.2) is 0 Å². The Labute approximate surface area is 122 Å². The minimum atomic E-state index is 0. The van der Waals surface area contributed by atoms with E-state index in [0.29, 0.717) is 12.1 Å². The highest BCUT2D eigenvalue weighted by atomic mass is 35.5. The smallest absolute Gasteiger partial charge is 0.00412 e. The van der Waals surface area contributed by atoms with Crippen molar-refractivity contribution < 1.29 is 0 Å². The zero-order valence-corrected chi connectivity index (χ0v) is 14.2. The van der Waals surface area contributed by atoms with Gasteiger partial charge in [0.25, 0.3) is 0 Å². The van der Waals surface area contributed by atoms with Crippen molar-refractivity contribution >= 4 is 12.4 Å². The SMILES string of the molecule is CCCCCCCCCCN(C(C)C)C(C)C.Cl. The van der Waals surface area contributed by atoms with Crippen molar-refractivity contribution in [3.05, 3.63) is 0 Å². The predicted octanol–water partition coefficient (Wildman–Crippen LogP) is 5.67. The van der Waals surface area contributed by atoms with E-state index in [2.05, 4.69) is 39.5 Å². The quantitative estimate of drug-likeness (QED) is 0.440. The Hall–Kier alpha value is 0.250. The van der Waals surface area contributed by atoms with Crippen LogP contribution in [0.3, 0.4) is 0 Å². The molecule has 0 bridgehead atoms. The fourth-order valence-corrected chi connectivity index (χ4v) is 2.54. The number of nitrogens with zero attached hydrogens (tertiary/aromatic N) is 1. The van der Waals surface area contributed by atoms with E-state index >= 15 is 0 Å². The lowest BCUT2D eigenvalue weighted by atomic mass is 10.1. The van der Waals surface area contributed by atoms with Gasteiger partial charge >= 0.3 is 0 Å². The first-order valence-corrected chi connectivity index (χ1v) is 7.85. The van der Waals surface area contributed by atoms with Crippen LogP contribution in [0.2, 0.25) is 0 Å². The van der Waals surface area contributed by atoms with Crippen LogP contribution < -0.4 is 0 Å². The second-order valence-corrected chi connectivity index (χ2v) is 5.90. The van der Waals surface area contributed by atoms with E-state index in [1.165, 1.54) is 57.9 Å². The molecule has 0 rings (SSSR count). The molecule has 0 aromatic carbocycles. The first kappa shape index (κ1) is 20.6. The van der Waals surface area contributed by atoms with Gasteiger partial charge in [-0.3, -0.25) is 4.90 Å². The second kappa shape index (κ2) is 13.7. The number of rotatable bonds is 11. The van der Waals surface area contributed by atoms with E-state index < -0.39 is 0 Å². The third kappa shape index (κ3) is 11.3. The minimum absolute atomic E-state index is 0. The van der Waals surface area contributed by atoms with Crippen molar-refractivity contribution in [3.8, 4) is 0 Å². The molecule has 0 unspecified atom stereocenters. The van der Waals surface area contributed by atoms with Gasteiger partial charge in [0.1, 0.15) is 0 Å². The van der Waals surface area contributed by atoms with Gasteiger partial charge in [-0.1, -0.05) is 51.9 Å². The van der Waals surface area contributed by atoms with Crippen LogP contribution in [0.25, 0.3) is 0 Å². The Morgan fingerprint density at radius 2 is 1.06 bits per heavy atom. The van der Waals surface area contributed by atoms with Gasteiger partial charge in [0.15, 0.2) is 0 Å². The van der Waals surface area contributed by atoms with Gasteiger partial charge in [-0.05, 0) is 40.7 Å². The van der Waals surface area contributed by atoms with E-state index in [1.807, 2.05) is 0 Å². The van der Waals surface area contributed by atoms with Crippen LogP contribution in [-0.4, -0.2) is 23.5 Å². The van der Waals surface area contributed by atoms with E-state index in [9.17, 15) is 0 Å². The van der Waals surface area contributed by atoms with E-state index in [0.717, 1.165) is 0 Å². The zero-order chi connectivity index (χ0) is 13.1. The fourth-order valence-electron chi connectivity index (χ4n) is 2.54. The molecule has 0 amide bonds. The number of hydrogen-bond acceptors (Lipinski definition) is 1. The molecule has 0 aliphatic carbocycles. The molecule has 0 aromatic rings. The van der Waals surface area contributed by atoms with Crippen LogP contribution >= 0.6 is 12.4 Å². The Morgan fingerprint density at radius 3 is 1.44 bits per heavy atom. The summed E-state index contributed by atoms with van der Waals surface area (Å²) in [6.07, 6.45) is 11.4. The lowest BCUT2D eigenvalue weighted by Gasteiger charge is -2.30. The molecule has 0 aliphatic heterocycles. The molecule has 0 saturated carbocycles. The minimum Gasteiger partial charge on any atom is -0.299 e. The van der Waals surface area contributed by atoms with Crippen molar-refractivity contribution in [2.45, 2.75) is 98.1 Å². The molecule has 0 atom stereocenters. The average Bonchev–Trinajstić information content (AvgIpc) is 2.26. The normalized spacial score (nSPS) is 11.3. The maximum Gasteiger partial charge on any atom is 0.00412 e. The van der Waals surface area contributed by atoms with Crippen molar-refractivity contribution in [2.75, 3.05) is 6.54 Å². The highest BCUT2D eigenvalue weighted by Crippen LogP contribution is 2.11. The summed E-state index contributed by atoms with van der Waals surface area (Å²) in [6, 6.07) is 1.39. The summed E-state index contributed by atoms with van der Waals surface area (Å²) in [5.74, 6) is 0. The molecule has 1 nitrogen and oxygen atoms in total. The molecule has 0 radical (unpaired) electrons. The number of halogens is 1. The molecule has 0 N–H and O–H groups in total. The molecule has 0 heterocycles. The van der Waals surface area contributed by atoms with Gasteiger partial charge in [-0.15, -0.1) is 12.4 Å². The Morgan fingerprint density at radius 1 is 0.667 bits per heavy atom. The third-order valence-electron chi connectivity index (χ3n) is 3.60. The molecule has 18 heavy (non-hydrogen) atoms. The number of unbranched alkanes of at least 4 members (excludes halogenated alkanes) is 7. The van der Waals surface area contributed by atoms with Gasteiger partial charge in [-0.2, -0.15) is 0 Å². The topological polar surface area (TPSA) is 3.24 Å². The first-order chi connectivity index (χ1) is 8.09. The molecule has 0 aromatic heterocycles. The predicted molar refractivity (Wildman–Crippen MR) is 86.8 cm³/mol. The standard InChI is InChI=1S/C16H35N.ClH/c1-6-7-8-9-10-11-12-13-14-17(15(2)3)16(4)5;/h15-16H,6-14H2,1-5H3;1H. The molecular weight excluding hydrogens is 242 g/mol. The monoisotopic (exact) mass is 277 g/mol. The Bertz CT molecular complexity index is 149. The van der Waals surface area contributed by atoms with Crippen LogP contribution in [0.15, 0.2) is 0 Å². The molecular formula is C16H36ClN. The van der Waals surface area contributed by atoms with E-state index in [1.54, 1.807) is 0 Å². The molecule has 112 valence electrons. The van der Waals surface area contributed by atoms with Gasteiger partial charge < -0.3 is 0 Å². The molecule has 0 fully saturated rings. The first-order valence-electron chi connectivity index (χ1n) is 7.85. The fraction of sp³-hybridized carbons (Fsp3) is 1.00. The summed E-state index contributed by atoms with van der Waals surface area (Å²) in [4.78, 5) is 2.61. The molecule has 2 heteroatoms. The zero-order valence-electron chi connectivity index (χ0n) is 13.4. The van der Waals surface area contributed by atoms with Crippen LogP contribution in [-0.2, 0) is 0 Å². The summed E-state index contributed by atoms with van der Waals surface area (Å²) in [5, 5.41) is 0. The van der Waals surface area contributed by atoms with Crippen LogP contribution in [0.4, 0.5) is 0 Å². The lowest BCUT2D eigenvalue weighted by Crippen LogP contribution is -2.37. The summed E-state index contributed by atoms with van der Waals surface area (Å²) >= 11 is 0. The van der Waals surface area contributed by atoms with Crippen LogP contribution in [0, 0.1) is 0 Å². The third-order valence-corrected chi connectivity index (χ3v) is 3.60. The van der Waals surface area contributed by atoms with Gasteiger partial charge in [0, 0.05) is 12.1 Å². The lowest BCUT2D eigenvalue weighted by molar-refractivity contribution is 0.171. The van der Waals surface area contributed by atoms with Gasteiger partial charge in [0.05, 0.1) is 0 Å². The van der Waals surface area contributed by atoms with E-state index in [4.69, 9.17) is 0 Å². The summed E-state index contributed by atoms with van der Waals surface area (Å²) in [7, 11) is 0. The van der Waals surface area contributed by atoms with Crippen molar-refractivity contribution in [3.63, 3.8) is 0 Å². The summed E-state index contributed by atoms with van der Waals surface area (Å²) in [5.41, 5.74) is 0. The van der Waals surface area contributed by atoms with Crippen molar-refractivity contribution in [1.29, 1.82) is 0 Å². The van der Waals surface area contributed by atoms with E-state index in [-0.39, 0.29) is 12.4 Å². The van der Waals surface area contributed by atoms with Crippen molar-refractivity contribution in [1.82, 2.24) is 4.90 Å². The maximum absolute atomic E-state index is 2.61. The van der Waals surface area contributed by atoms with Crippen LogP contribution in [0.1, 0.15) is 86.0 Å². The molecule has 0 saturated heterocycles. The average molecular weight is 278 g/mol. The van der Waals surface area contributed by atoms with Crippen molar-refractivity contribution in [2.24, 2.45) is 0 Å². The second-order valence-electron chi connectivity index (χ2n) is 5.90. The number of hydrogen-bond donors (Lipinski definition) is 0. The molecule has 0 spiro atoms. The Balaban J connectivity index is 0. The molecule has 0 aliphatic rings. The highest BCUT2D eigenvalue weighted by molar-refractivity contribution is 5.85. The highest BCUT2D eigenvalue weighted by Gasteiger charge is 2.11. The van der Waals surface area contributed by atoms with Gasteiger partial charge in [0.2, 0.25) is 0 Å². The maximum atomic E-state index is 2.61. The summed E-state index contributed by atoms with van der Waals surface area (Å²) < 4.78 is 0. The van der Waals surface area contributed by atoms with Crippen LogP contribution in [0.5, 0.6) is 0 Å². The largest absolute Gasteiger partial charge is 0.299 e.